The molecule has 2 aromatic carbocycles. The summed E-state index contributed by atoms with van der Waals surface area (Å²) in [5, 5.41) is 17.6. The Labute approximate surface area is 183 Å². The lowest BCUT2D eigenvalue weighted by Crippen LogP contribution is -2.07. The first-order valence-corrected chi connectivity index (χ1v) is 9.93. The molecule has 4 aromatic rings. The Hall–Kier alpha value is -3.22. The molecule has 0 unspecified atom stereocenters. The molecule has 0 fully saturated rings. The van der Waals surface area contributed by atoms with Gasteiger partial charge in [-0.3, -0.25) is 9.78 Å². The molecule has 0 radical (unpaired) electrons. The Balaban J connectivity index is 1.79. The van der Waals surface area contributed by atoms with Gasteiger partial charge < -0.3 is 10.6 Å². The van der Waals surface area contributed by atoms with Gasteiger partial charge in [-0.2, -0.15) is 5.10 Å². The smallest absolute Gasteiger partial charge is 0.221 e. The highest BCUT2D eigenvalue weighted by Crippen LogP contribution is 2.31. The van der Waals surface area contributed by atoms with Crippen molar-refractivity contribution in [3.8, 4) is 0 Å². The van der Waals surface area contributed by atoms with E-state index in [1.54, 1.807) is 24.5 Å². The van der Waals surface area contributed by atoms with E-state index in [0.717, 1.165) is 27.7 Å². The summed E-state index contributed by atoms with van der Waals surface area (Å²) in [6.07, 6.45) is 4.11. The highest BCUT2D eigenvalue weighted by Gasteiger charge is 2.12. The van der Waals surface area contributed by atoms with Gasteiger partial charge in [-0.1, -0.05) is 29.3 Å². The number of pyridine rings is 1. The molecule has 2 aromatic heterocycles. The molecule has 0 aliphatic rings. The molecule has 0 bridgehead atoms. The van der Waals surface area contributed by atoms with E-state index in [9.17, 15) is 4.79 Å². The molecule has 30 heavy (non-hydrogen) atoms. The summed E-state index contributed by atoms with van der Waals surface area (Å²) in [6, 6.07) is 14.8. The number of hydrogen-bond donors (Lipinski definition) is 2. The van der Waals surface area contributed by atoms with E-state index in [4.69, 9.17) is 23.2 Å². The molecule has 8 heteroatoms. The van der Waals surface area contributed by atoms with Gasteiger partial charge in [0.15, 0.2) is 5.82 Å². The molecule has 0 saturated carbocycles. The Bertz CT molecular complexity index is 1230. The third-order valence-electron chi connectivity index (χ3n) is 4.48. The molecule has 2 N–H and O–H groups in total. The molecule has 0 aliphatic heterocycles. The zero-order chi connectivity index (χ0) is 21.1. The summed E-state index contributed by atoms with van der Waals surface area (Å²) in [7, 11) is 0. The van der Waals surface area contributed by atoms with Crippen molar-refractivity contribution in [1.82, 2.24) is 15.2 Å². The highest BCUT2D eigenvalue weighted by atomic mass is 35.5. The van der Waals surface area contributed by atoms with Gasteiger partial charge in [0.05, 0.1) is 15.7 Å². The number of nitrogens with zero attached hydrogens (tertiary/aromatic N) is 3. The Morgan fingerprint density at radius 2 is 1.67 bits per heavy atom. The topological polar surface area (TPSA) is 79.8 Å². The SMILES string of the molecule is CC(=O)Nc1ccc2c(Cc3ccncc3)nnc(Nc3ccc(Cl)c(Cl)c3)c2c1. The standard InChI is InChI=1S/C22H17Cl2N5O/c1-13(30)26-15-2-4-17-18(11-15)22(27-16-3-5-19(23)20(24)12-16)29-28-21(17)10-14-6-8-25-9-7-14/h2-9,11-12H,10H2,1H3,(H,26,30)(H,27,29). The molecule has 0 saturated heterocycles. The largest absolute Gasteiger partial charge is 0.338 e. The molecular weight excluding hydrogens is 421 g/mol. The van der Waals surface area contributed by atoms with Gasteiger partial charge in [-0.25, -0.2) is 0 Å². The maximum Gasteiger partial charge on any atom is 0.221 e. The van der Waals surface area contributed by atoms with Crippen LogP contribution in [0.15, 0.2) is 60.9 Å². The van der Waals surface area contributed by atoms with E-state index < -0.39 is 0 Å². The summed E-state index contributed by atoms with van der Waals surface area (Å²) in [4.78, 5) is 15.6. The van der Waals surface area contributed by atoms with Crippen LogP contribution in [0.3, 0.4) is 0 Å². The van der Waals surface area contributed by atoms with Crippen molar-refractivity contribution in [2.24, 2.45) is 0 Å². The van der Waals surface area contributed by atoms with Crippen LogP contribution >= 0.6 is 23.2 Å². The predicted molar refractivity (Wildman–Crippen MR) is 121 cm³/mol. The molecule has 4 rings (SSSR count). The van der Waals surface area contributed by atoms with Crippen LogP contribution in [0.5, 0.6) is 0 Å². The van der Waals surface area contributed by atoms with Crippen molar-refractivity contribution in [2.75, 3.05) is 10.6 Å². The number of benzene rings is 2. The maximum absolute atomic E-state index is 11.5. The first-order valence-electron chi connectivity index (χ1n) is 9.17. The van der Waals surface area contributed by atoms with Crippen molar-refractivity contribution in [2.45, 2.75) is 13.3 Å². The molecule has 150 valence electrons. The van der Waals surface area contributed by atoms with E-state index in [1.165, 1.54) is 6.92 Å². The quantitative estimate of drug-likeness (QED) is 0.423. The molecule has 0 spiro atoms. The number of hydrogen-bond acceptors (Lipinski definition) is 5. The third kappa shape index (κ3) is 4.50. The Kier molecular flexibility index (Phi) is 5.79. The molecule has 1 amide bonds. The van der Waals surface area contributed by atoms with Gasteiger partial charge in [-0.05, 0) is 48.0 Å². The van der Waals surface area contributed by atoms with Crippen LogP contribution in [0.2, 0.25) is 10.0 Å². The molecule has 2 heterocycles. The lowest BCUT2D eigenvalue weighted by Gasteiger charge is -2.13. The summed E-state index contributed by atoms with van der Waals surface area (Å²) in [6.45, 7) is 1.47. The first-order chi connectivity index (χ1) is 14.5. The van der Waals surface area contributed by atoms with Crippen molar-refractivity contribution >= 4 is 57.1 Å². The highest BCUT2D eigenvalue weighted by molar-refractivity contribution is 6.42. The van der Waals surface area contributed by atoms with Crippen LogP contribution in [-0.4, -0.2) is 21.1 Å². The number of fused-ring (bicyclic) bond motifs is 1. The predicted octanol–water partition coefficient (Wildman–Crippen LogP) is 5.62. The van der Waals surface area contributed by atoms with Crippen LogP contribution in [0.25, 0.3) is 10.8 Å². The second-order valence-corrected chi connectivity index (χ2v) is 7.54. The van der Waals surface area contributed by atoms with Gasteiger partial charge in [-0.15, -0.1) is 5.10 Å². The number of nitrogens with one attached hydrogen (secondary N) is 2. The number of aromatic nitrogens is 3. The minimum absolute atomic E-state index is 0.146. The second kappa shape index (κ2) is 8.65. The molecule has 0 aliphatic carbocycles. The van der Waals surface area contributed by atoms with Gasteiger partial charge in [0.2, 0.25) is 5.91 Å². The number of carbonyl (C=O) groups is 1. The molecule has 6 nitrogen and oxygen atoms in total. The van der Waals surface area contributed by atoms with Crippen LogP contribution in [0.4, 0.5) is 17.2 Å². The number of halogens is 2. The van der Waals surface area contributed by atoms with E-state index >= 15 is 0 Å². The Morgan fingerprint density at radius 1 is 0.900 bits per heavy atom. The fourth-order valence-corrected chi connectivity index (χ4v) is 3.42. The first kappa shape index (κ1) is 20.1. The number of anilines is 3. The minimum Gasteiger partial charge on any atom is -0.338 e. The maximum atomic E-state index is 11.5. The zero-order valence-corrected chi connectivity index (χ0v) is 17.5. The molecular formula is C22H17Cl2N5O. The summed E-state index contributed by atoms with van der Waals surface area (Å²) < 4.78 is 0. The van der Waals surface area contributed by atoms with Crippen molar-refractivity contribution < 1.29 is 4.79 Å². The number of amides is 1. The van der Waals surface area contributed by atoms with Crippen LogP contribution in [0.1, 0.15) is 18.2 Å². The van der Waals surface area contributed by atoms with Gasteiger partial charge in [0.25, 0.3) is 0 Å². The normalized spacial score (nSPS) is 10.8. The summed E-state index contributed by atoms with van der Waals surface area (Å²) in [5.74, 6) is 0.404. The summed E-state index contributed by atoms with van der Waals surface area (Å²) >= 11 is 12.1. The third-order valence-corrected chi connectivity index (χ3v) is 5.22. The van der Waals surface area contributed by atoms with E-state index in [0.29, 0.717) is 28.0 Å². The van der Waals surface area contributed by atoms with Gasteiger partial charge >= 0.3 is 0 Å². The lowest BCUT2D eigenvalue weighted by atomic mass is 10.0. The van der Waals surface area contributed by atoms with Crippen LogP contribution in [-0.2, 0) is 11.2 Å². The van der Waals surface area contributed by atoms with E-state index in [2.05, 4.69) is 25.8 Å². The van der Waals surface area contributed by atoms with Crippen LogP contribution < -0.4 is 10.6 Å². The molecule has 0 atom stereocenters. The van der Waals surface area contributed by atoms with Crippen molar-refractivity contribution in [1.29, 1.82) is 0 Å². The monoisotopic (exact) mass is 437 g/mol. The fourth-order valence-electron chi connectivity index (χ4n) is 3.12. The number of carbonyl (C=O) groups excluding carboxylic acids is 1. The van der Waals surface area contributed by atoms with Crippen LogP contribution in [0, 0.1) is 0 Å². The lowest BCUT2D eigenvalue weighted by molar-refractivity contribution is -0.114. The van der Waals surface area contributed by atoms with Gasteiger partial charge in [0.1, 0.15) is 0 Å². The van der Waals surface area contributed by atoms with E-state index in [-0.39, 0.29) is 5.91 Å². The Morgan fingerprint density at radius 3 is 2.40 bits per heavy atom. The minimum atomic E-state index is -0.146. The zero-order valence-electron chi connectivity index (χ0n) is 16.0. The van der Waals surface area contributed by atoms with E-state index in [1.807, 2.05) is 36.4 Å². The summed E-state index contributed by atoms with van der Waals surface area (Å²) in [5.41, 5.74) is 3.31. The van der Waals surface area contributed by atoms with Crippen molar-refractivity contribution in [3.63, 3.8) is 0 Å². The van der Waals surface area contributed by atoms with Gasteiger partial charge in [0, 0.05) is 47.9 Å². The number of rotatable bonds is 5. The van der Waals surface area contributed by atoms with Crippen molar-refractivity contribution in [3.05, 3.63) is 82.2 Å². The second-order valence-electron chi connectivity index (χ2n) is 6.72. The average Bonchev–Trinajstić information content (AvgIpc) is 2.73. The fraction of sp³-hybridized carbons (Fsp3) is 0.0909. The average molecular weight is 438 g/mol.